The van der Waals surface area contributed by atoms with Crippen molar-refractivity contribution in [1.82, 2.24) is 0 Å². The summed E-state index contributed by atoms with van der Waals surface area (Å²) in [6, 6.07) is 0. The summed E-state index contributed by atoms with van der Waals surface area (Å²) in [6.07, 6.45) is 51.7. The Kier molecular flexibility index (Phi) is 44.4. The molecule has 9 nitrogen and oxygen atoms in total. The van der Waals surface area contributed by atoms with E-state index in [2.05, 4.69) is 50.3 Å². The van der Waals surface area contributed by atoms with Crippen LogP contribution in [-0.4, -0.2) is 49.3 Å². The molecule has 0 aliphatic rings. The lowest BCUT2D eigenvalue weighted by Gasteiger charge is -2.19. The number of allylic oxidation sites excluding steroid dienone is 6. The molecule has 0 saturated heterocycles. The molecule has 2 unspecified atom stereocenters. The van der Waals surface area contributed by atoms with E-state index in [0.717, 1.165) is 57.8 Å². The van der Waals surface area contributed by atoms with Crippen molar-refractivity contribution in [2.24, 2.45) is 5.73 Å². The van der Waals surface area contributed by atoms with E-state index in [1.165, 1.54) is 141 Å². The summed E-state index contributed by atoms with van der Waals surface area (Å²) >= 11 is 0. The van der Waals surface area contributed by atoms with Gasteiger partial charge in [-0.25, -0.2) is 4.57 Å². The van der Waals surface area contributed by atoms with Crippen LogP contribution in [0.3, 0.4) is 0 Å². The normalized spacial score (nSPS) is 13.5. The minimum atomic E-state index is -4.38. The van der Waals surface area contributed by atoms with Gasteiger partial charge in [0.15, 0.2) is 6.10 Å². The van der Waals surface area contributed by atoms with Crippen LogP contribution in [0, 0.1) is 0 Å². The van der Waals surface area contributed by atoms with Gasteiger partial charge in [-0.3, -0.25) is 18.6 Å². The first-order valence-corrected chi connectivity index (χ1v) is 26.0. The fourth-order valence-corrected chi connectivity index (χ4v) is 7.64. The maximum atomic E-state index is 12.6. The molecular formula is C49H92NO8P. The number of carbonyl (C=O) groups is 2. The molecule has 0 fully saturated rings. The Labute approximate surface area is 363 Å². The fraction of sp³-hybridized carbons (Fsp3) is 0.837. The third kappa shape index (κ3) is 45.6. The third-order valence-electron chi connectivity index (χ3n) is 10.5. The number of phosphoric ester groups is 1. The predicted molar refractivity (Wildman–Crippen MR) is 247 cm³/mol. The number of carbonyl (C=O) groups excluding carboxylic acids is 2. The number of esters is 2. The van der Waals surface area contributed by atoms with Crippen molar-refractivity contribution < 1.29 is 37.6 Å². The predicted octanol–water partition coefficient (Wildman–Crippen LogP) is 14.5. The molecule has 0 rings (SSSR count). The summed E-state index contributed by atoms with van der Waals surface area (Å²) in [5.74, 6) is -0.828. The Balaban J connectivity index is 4.07. The van der Waals surface area contributed by atoms with Crippen LogP contribution in [0.5, 0.6) is 0 Å². The van der Waals surface area contributed by atoms with Crippen LogP contribution in [0.2, 0.25) is 0 Å². The van der Waals surface area contributed by atoms with E-state index in [1.54, 1.807) is 0 Å². The molecule has 0 saturated carbocycles. The number of unbranched alkanes of at least 4 members (excludes halogenated alkanes) is 27. The van der Waals surface area contributed by atoms with E-state index < -0.39 is 26.5 Å². The third-order valence-corrected chi connectivity index (χ3v) is 11.5. The molecule has 10 heteroatoms. The van der Waals surface area contributed by atoms with Gasteiger partial charge in [0.05, 0.1) is 13.2 Å². The van der Waals surface area contributed by atoms with E-state index in [1.807, 2.05) is 0 Å². The van der Waals surface area contributed by atoms with Gasteiger partial charge >= 0.3 is 19.8 Å². The highest BCUT2D eigenvalue weighted by molar-refractivity contribution is 7.47. The van der Waals surface area contributed by atoms with E-state index >= 15 is 0 Å². The number of nitrogens with two attached hydrogens (primary N) is 1. The van der Waals surface area contributed by atoms with Crippen LogP contribution in [0.25, 0.3) is 0 Å². The van der Waals surface area contributed by atoms with Crippen LogP contribution < -0.4 is 5.73 Å². The molecule has 3 N–H and O–H groups in total. The van der Waals surface area contributed by atoms with E-state index in [9.17, 15) is 19.0 Å². The van der Waals surface area contributed by atoms with Crippen LogP contribution in [0.4, 0.5) is 0 Å². The van der Waals surface area contributed by atoms with Crippen LogP contribution in [0.1, 0.15) is 232 Å². The van der Waals surface area contributed by atoms with E-state index in [0.29, 0.717) is 6.42 Å². The van der Waals surface area contributed by atoms with Crippen LogP contribution >= 0.6 is 7.82 Å². The number of phosphoric acid groups is 1. The molecule has 0 aliphatic carbocycles. The minimum absolute atomic E-state index is 0.0527. The van der Waals surface area contributed by atoms with Gasteiger partial charge < -0.3 is 20.1 Å². The largest absolute Gasteiger partial charge is 0.472 e. The topological polar surface area (TPSA) is 134 Å². The molecule has 0 aromatic rings. The van der Waals surface area contributed by atoms with Gasteiger partial charge in [-0.15, -0.1) is 0 Å². The molecule has 0 aromatic heterocycles. The average Bonchev–Trinajstić information content (AvgIpc) is 3.22. The fourth-order valence-electron chi connectivity index (χ4n) is 6.88. The van der Waals surface area contributed by atoms with Gasteiger partial charge in [-0.2, -0.15) is 0 Å². The zero-order valence-corrected chi connectivity index (χ0v) is 39.1. The van der Waals surface area contributed by atoms with Crippen molar-refractivity contribution >= 4 is 19.8 Å². The molecule has 0 heterocycles. The second kappa shape index (κ2) is 45.7. The SMILES string of the molecule is CCCCCCC/C=C\C/C=C\C/C=C\CCCCCCCCCCC(=O)OC(COC(=O)CCCCCCCCCCCCCCCCC)COP(=O)(O)OCCN. The monoisotopic (exact) mass is 854 g/mol. The molecule has 346 valence electrons. The Morgan fingerprint density at radius 1 is 0.508 bits per heavy atom. The molecule has 0 bridgehead atoms. The van der Waals surface area contributed by atoms with Crippen molar-refractivity contribution in [3.8, 4) is 0 Å². The van der Waals surface area contributed by atoms with Gasteiger partial charge in [-0.1, -0.05) is 204 Å². The highest BCUT2D eigenvalue weighted by Gasteiger charge is 2.26. The molecule has 0 aliphatic heterocycles. The zero-order valence-electron chi connectivity index (χ0n) is 38.2. The Morgan fingerprint density at radius 3 is 1.31 bits per heavy atom. The number of hydrogen-bond acceptors (Lipinski definition) is 8. The van der Waals surface area contributed by atoms with Gasteiger partial charge in [0.25, 0.3) is 0 Å². The lowest BCUT2D eigenvalue weighted by atomic mass is 10.0. The molecule has 0 aromatic carbocycles. The second-order valence-corrected chi connectivity index (χ2v) is 17.8. The maximum absolute atomic E-state index is 12.6. The molecule has 0 spiro atoms. The minimum Gasteiger partial charge on any atom is -0.462 e. The average molecular weight is 854 g/mol. The van der Waals surface area contributed by atoms with Gasteiger partial charge in [0, 0.05) is 19.4 Å². The summed E-state index contributed by atoms with van der Waals surface area (Å²) in [6.45, 7) is 3.74. The van der Waals surface area contributed by atoms with Crippen molar-refractivity contribution in [2.75, 3.05) is 26.4 Å². The standard InChI is InChI=1S/C49H92NO8P/c1-3-5-7-9-11-13-15-17-19-20-21-22-23-24-25-26-28-30-32-34-36-38-40-42-49(52)58-47(46-57-59(53,54)56-44-43-50)45-55-48(51)41-39-37-35-33-31-29-27-18-16-14-12-10-8-6-4-2/h15,17,20-21,23-24,47H,3-14,16,18-19,22,25-46,50H2,1-2H3,(H,53,54)/b17-15-,21-20-,24-23-. The van der Waals surface area contributed by atoms with Crippen LogP contribution in [0.15, 0.2) is 36.5 Å². The Bertz CT molecular complexity index is 1060. The maximum Gasteiger partial charge on any atom is 0.472 e. The Morgan fingerprint density at radius 2 is 0.881 bits per heavy atom. The summed E-state index contributed by atoms with van der Waals surface area (Å²) in [4.78, 5) is 35.0. The van der Waals surface area contributed by atoms with E-state index in [-0.39, 0.29) is 38.6 Å². The van der Waals surface area contributed by atoms with Gasteiger partial charge in [0.2, 0.25) is 0 Å². The first-order chi connectivity index (χ1) is 28.8. The van der Waals surface area contributed by atoms with Gasteiger partial charge in [0.1, 0.15) is 6.61 Å². The number of ether oxygens (including phenoxy) is 2. The first kappa shape index (κ1) is 57.2. The molecule has 2 atom stereocenters. The first-order valence-electron chi connectivity index (χ1n) is 24.5. The Hall–Kier alpha value is -1.77. The van der Waals surface area contributed by atoms with Crippen molar-refractivity contribution in [2.45, 2.75) is 238 Å². The van der Waals surface area contributed by atoms with Gasteiger partial charge in [-0.05, 0) is 51.4 Å². The summed E-state index contributed by atoms with van der Waals surface area (Å²) in [7, 11) is -4.38. The van der Waals surface area contributed by atoms with Crippen molar-refractivity contribution in [1.29, 1.82) is 0 Å². The number of hydrogen-bond donors (Lipinski definition) is 2. The van der Waals surface area contributed by atoms with Crippen molar-refractivity contribution in [3.63, 3.8) is 0 Å². The highest BCUT2D eigenvalue weighted by Crippen LogP contribution is 2.43. The summed E-state index contributed by atoms with van der Waals surface area (Å²) in [5, 5.41) is 0. The summed E-state index contributed by atoms with van der Waals surface area (Å²) < 4.78 is 32.9. The highest BCUT2D eigenvalue weighted by atomic mass is 31.2. The van der Waals surface area contributed by atoms with Crippen molar-refractivity contribution in [3.05, 3.63) is 36.5 Å². The lowest BCUT2D eigenvalue weighted by Crippen LogP contribution is -2.29. The second-order valence-electron chi connectivity index (χ2n) is 16.3. The molecule has 59 heavy (non-hydrogen) atoms. The zero-order chi connectivity index (χ0) is 43.2. The van der Waals surface area contributed by atoms with E-state index in [4.69, 9.17) is 24.3 Å². The van der Waals surface area contributed by atoms with Crippen LogP contribution in [-0.2, 0) is 32.7 Å². The molecule has 0 radical (unpaired) electrons. The molecular weight excluding hydrogens is 762 g/mol. The molecule has 0 amide bonds. The lowest BCUT2D eigenvalue weighted by molar-refractivity contribution is -0.161. The summed E-state index contributed by atoms with van der Waals surface area (Å²) in [5.41, 5.74) is 5.36. The number of rotatable bonds is 46. The smallest absolute Gasteiger partial charge is 0.462 e. The quantitative estimate of drug-likeness (QED) is 0.0265.